The first-order valence-corrected chi connectivity index (χ1v) is 9.47. The minimum Gasteiger partial charge on any atom is -0.360 e. The Morgan fingerprint density at radius 3 is 2.00 bits per heavy atom. The summed E-state index contributed by atoms with van der Waals surface area (Å²) < 4.78 is 0. The molecule has 2 aromatic carbocycles. The molecule has 132 valence electrons. The number of fused-ring (bicyclic) bond motifs is 1. The number of nitrogens with zero attached hydrogens (tertiary/aromatic N) is 3. The Morgan fingerprint density at radius 2 is 1.36 bits per heavy atom. The second-order valence-electron chi connectivity index (χ2n) is 6.68. The van der Waals surface area contributed by atoms with Crippen LogP contribution in [0.4, 0.5) is 11.4 Å². The molecule has 0 radical (unpaired) electrons. The van der Waals surface area contributed by atoms with Crippen LogP contribution in [0.3, 0.4) is 0 Å². The predicted octanol–water partition coefficient (Wildman–Crippen LogP) is 5.12. The molecule has 0 spiro atoms. The van der Waals surface area contributed by atoms with Crippen molar-refractivity contribution in [3.05, 3.63) is 60.7 Å². The highest BCUT2D eigenvalue weighted by Gasteiger charge is 2.16. The summed E-state index contributed by atoms with van der Waals surface area (Å²) in [5.41, 5.74) is 2.41. The summed E-state index contributed by atoms with van der Waals surface area (Å²) in [5, 5.41) is 0. The van der Waals surface area contributed by atoms with Gasteiger partial charge in [-0.05, 0) is 43.5 Å². The zero-order chi connectivity index (χ0) is 17.3. The number of anilines is 2. The summed E-state index contributed by atoms with van der Waals surface area (Å²) in [6.45, 7) is 3.60. The van der Waals surface area contributed by atoms with Crippen LogP contribution in [0.1, 0.15) is 32.1 Å². The zero-order valence-corrected chi connectivity index (χ0v) is 15.3. The Kier molecular flexibility index (Phi) is 6.49. The molecule has 3 heteroatoms. The van der Waals surface area contributed by atoms with E-state index in [0.29, 0.717) is 0 Å². The molecule has 2 heterocycles. The van der Waals surface area contributed by atoms with Gasteiger partial charge in [0.2, 0.25) is 0 Å². The lowest BCUT2D eigenvalue weighted by atomic mass is 10.2. The molecular formula is C22H29N3. The monoisotopic (exact) mass is 335 g/mol. The maximum atomic E-state index is 4.55. The Morgan fingerprint density at radius 1 is 0.760 bits per heavy atom. The minimum absolute atomic E-state index is 1.08. The first-order valence-electron chi connectivity index (χ1n) is 9.47. The molecule has 0 atom stereocenters. The molecule has 25 heavy (non-hydrogen) atoms. The first-order chi connectivity index (χ1) is 12.3. The van der Waals surface area contributed by atoms with Crippen LogP contribution in [0.15, 0.2) is 65.7 Å². The molecule has 0 amide bonds. The summed E-state index contributed by atoms with van der Waals surface area (Å²) in [5.74, 6) is 1.40. The van der Waals surface area contributed by atoms with Gasteiger partial charge in [-0.25, -0.2) is 0 Å². The minimum atomic E-state index is 1.08. The summed E-state index contributed by atoms with van der Waals surface area (Å²) in [6, 6.07) is 20.7. The van der Waals surface area contributed by atoms with Crippen LogP contribution in [0.2, 0.25) is 0 Å². The van der Waals surface area contributed by atoms with Gasteiger partial charge in [0, 0.05) is 44.5 Å². The number of rotatable bonds is 2. The van der Waals surface area contributed by atoms with Gasteiger partial charge in [0.05, 0.1) is 5.84 Å². The predicted molar refractivity (Wildman–Crippen MR) is 108 cm³/mol. The molecule has 0 aromatic heterocycles. The van der Waals surface area contributed by atoms with Crippen LogP contribution in [0.25, 0.3) is 0 Å². The number of para-hydroxylation sites is 2. The summed E-state index contributed by atoms with van der Waals surface area (Å²) in [6.07, 6.45) is 6.63. The molecule has 0 unspecified atom stereocenters. The van der Waals surface area contributed by atoms with E-state index in [4.69, 9.17) is 0 Å². The second-order valence-corrected chi connectivity index (χ2v) is 6.68. The number of amidine groups is 1. The van der Waals surface area contributed by atoms with Crippen molar-refractivity contribution < 1.29 is 0 Å². The average Bonchev–Trinajstić information content (AvgIpc) is 2.95. The van der Waals surface area contributed by atoms with Gasteiger partial charge in [-0.3, -0.25) is 4.99 Å². The van der Waals surface area contributed by atoms with Gasteiger partial charge in [0.15, 0.2) is 0 Å². The van der Waals surface area contributed by atoms with Crippen LogP contribution in [-0.4, -0.2) is 37.4 Å². The fourth-order valence-electron chi connectivity index (χ4n) is 3.39. The number of aliphatic imine (C=N–C) groups is 1. The summed E-state index contributed by atoms with van der Waals surface area (Å²) in [7, 11) is 2.07. The maximum Gasteiger partial charge on any atom is 0.0988 e. The van der Waals surface area contributed by atoms with Crippen molar-refractivity contribution in [3.8, 4) is 0 Å². The van der Waals surface area contributed by atoms with E-state index in [2.05, 4.69) is 70.4 Å². The SMILES string of the molecule is C1CCC2=NCCCN2CC1.CN(c1ccccc1)c1ccccc1. The fraction of sp³-hybridized carbons (Fsp3) is 0.409. The first kappa shape index (κ1) is 17.5. The summed E-state index contributed by atoms with van der Waals surface area (Å²) >= 11 is 0. The fourth-order valence-corrected chi connectivity index (χ4v) is 3.39. The van der Waals surface area contributed by atoms with Gasteiger partial charge in [0.25, 0.3) is 0 Å². The van der Waals surface area contributed by atoms with E-state index >= 15 is 0 Å². The Bertz CT molecular complexity index is 612. The molecule has 0 saturated carbocycles. The molecule has 0 aliphatic carbocycles. The second kappa shape index (κ2) is 9.26. The van der Waals surface area contributed by atoms with Gasteiger partial charge in [-0.15, -0.1) is 0 Å². The van der Waals surface area contributed by atoms with Crippen molar-refractivity contribution >= 4 is 17.2 Å². The Hall–Kier alpha value is -2.29. The van der Waals surface area contributed by atoms with Gasteiger partial charge in [-0.2, -0.15) is 0 Å². The normalized spacial score (nSPS) is 16.7. The molecule has 1 saturated heterocycles. The number of hydrogen-bond acceptors (Lipinski definition) is 3. The molecule has 2 aliphatic rings. The van der Waals surface area contributed by atoms with E-state index < -0.39 is 0 Å². The van der Waals surface area contributed by atoms with Crippen LogP contribution in [0, 0.1) is 0 Å². The van der Waals surface area contributed by atoms with E-state index in [-0.39, 0.29) is 0 Å². The van der Waals surface area contributed by atoms with Crippen molar-refractivity contribution in [2.24, 2.45) is 4.99 Å². The molecule has 2 aliphatic heterocycles. The molecule has 4 rings (SSSR count). The van der Waals surface area contributed by atoms with Crippen LogP contribution in [-0.2, 0) is 0 Å². The highest BCUT2D eigenvalue weighted by atomic mass is 15.2. The van der Waals surface area contributed by atoms with E-state index in [0.717, 1.165) is 6.54 Å². The van der Waals surface area contributed by atoms with Crippen molar-refractivity contribution in [2.75, 3.05) is 31.6 Å². The van der Waals surface area contributed by atoms with Crippen molar-refractivity contribution in [1.29, 1.82) is 0 Å². The molecule has 0 bridgehead atoms. The maximum absolute atomic E-state index is 4.55. The van der Waals surface area contributed by atoms with Crippen LogP contribution >= 0.6 is 0 Å². The third kappa shape index (κ3) is 5.09. The lowest BCUT2D eigenvalue weighted by Crippen LogP contribution is -2.34. The molecule has 1 fully saturated rings. The van der Waals surface area contributed by atoms with Gasteiger partial charge >= 0.3 is 0 Å². The third-order valence-corrected chi connectivity index (χ3v) is 4.86. The molecule has 2 aromatic rings. The highest BCUT2D eigenvalue weighted by molar-refractivity contribution is 5.83. The van der Waals surface area contributed by atoms with E-state index in [1.165, 1.54) is 62.4 Å². The average molecular weight is 335 g/mol. The molecule has 0 N–H and O–H groups in total. The van der Waals surface area contributed by atoms with Crippen molar-refractivity contribution in [3.63, 3.8) is 0 Å². The van der Waals surface area contributed by atoms with Crippen molar-refractivity contribution in [2.45, 2.75) is 32.1 Å². The quantitative estimate of drug-likeness (QED) is 0.758. The molecule has 3 nitrogen and oxygen atoms in total. The third-order valence-electron chi connectivity index (χ3n) is 4.86. The Balaban J connectivity index is 0.000000150. The summed E-state index contributed by atoms with van der Waals surface area (Å²) in [4.78, 5) is 9.20. The smallest absolute Gasteiger partial charge is 0.0988 e. The lowest BCUT2D eigenvalue weighted by Gasteiger charge is -2.27. The van der Waals surface area contributed by atoms with Gasteiger partial charge in [0.1, 0.15) is 0 Å². The topological polar surface area (TPSA) is 18.8 Å². The Labute approximate surface area is 152 Å². The largest absolute Gasteiger partial charge is 0.360 e. The van der Waals surface area contributed by atoms with E-state index in [1.54, 1.807) is 0 Å². The standard InChI is InChI=1S/C13H13N.C9H16N2/c1-14(12-8-4-2-5-9-12)13-10-6-3-7-11-13;1-2-5-9-10-6-4-8-11(9)7-3-1/h2-11H,1H3;1-8H2. The van der Waals surface area contributed by atoms with Crippen LogP contribution in [0.5, 0.6) is 0 Å². The number of hydrogen-bond donors (Lipinski definition) is 0. The lowest BCUT2D eigenvalue weighted by molar-refractivity contribution is 0.391. The van der Waals surface area contributed by atoms with Crippen LogP contribution < -0.4 is 4.90 Å². The van der Waals surface area contributed by atoms with E-state index in [9.17, 15) is 0 Å². The van der Waals surface area contributed by atoms with Gasteiger partial charge < -0.3 is 9.80 Å². The van der Waals surface area contributed by atoms with E-state index in [1.807, 2.05) is 12.1 Å². The highest BCUT2D eigenvalue weighted by Crippen LogP contribution is 2.22. The molecular weight excluding hydrogens is 306 g/mol. The van der Waals surface area contributed by atoms with Crippen molar-refractivity contribution in [1.82, 2.24) is 4.90 Å². The number of benzene rings is 2. The van der Waals surface area contributed by atoms with Gasteiger partial charge in [-0.1, -0.05) is 42.8 Å². The zero-order valence-electron chi connectivity index (χ0n) is 15.3.